The maximum Gasteiger partial charge on any atom is 0.229 e. The topological polar surface area (TPSA) is 41.1 Å². The molecule has 1 aromatic rings. The second-order valence-corrected chi connectivity index (χ2v) is 4.49. The van der Waals surface area contributed by atoms with Crippen molar-refractivity contribution in [1.82, 2.24) is 5.32 Å². The minimum atomic E-state index is -1.54. The Hall–Kier alpha value is -1.27. The molecule has 0 saturated carbocycles. The third kappa shape index (κ3) is 3.39. The van der Waals surface area contributed by atoms with Gasteiger partial charge in [0, 0.05) is 24.4 Å². The van der Waals surface area contributed by atoms with Crippen molar-refractivity contribution in [3.8, 4) is 0 Å². The molecule has 0 bridgehead atoms. The largest absolute Gasteiger partial charge is 0.326 e. The number of hydrogen-bond acceptors (Lipinski definition) is 2. The van der Waals surface area contributed by atoms with E-state index in [1.807, 2.05) is 6.92 Å². The number of halogens is 4. The van der Waals surface area contributed by atoms with Crippen molar-refractivity contribution < 1.29 is 18.0 Å². The first-order chi connectivity index (χ1) is 8.49. The summed E-state index contributed by atoms with van der Waals surface area (Å²) in [6.07, 6.45) is 0. The second-order valence-electron chi connectivity index (χ2n) is 4.49. The first-order valence-corrected chi connectivity index (χ1v) is 5.65. The number of amides is 1. The van der Waals surface area contributed by atoms with Gasteiger partial charge >= 0.3 is 0 Å². The van der Waals surface area contributed by atoms with E-state index in [1.54, 1.807) is 0 Å². The number of carbonyl (C=O) groups is 1. The van der Waals surface area contributed by atoms with Gasteiger partial charge in [0.25, 0.3) is 0 Å². The van der Waals surface area contributed by atoms with Gasteiger partial charge in [-0.15, -0.1) is 12.4 Å². The molecule has 2 rings (SSSR count). The molecule has 2 atom stereocenters. The molecule has 0 radical (unpaired) electrons. The summed E-state index contributed by atoms with van der Waals surface area (Å²) in [5, 5.41) is 5.45. The fourth-order valence-corrected chi connectivity index (χ4v) is 2.02. The normalized spacial score (nSPS) is 21.9. The van der Waals surface area contributed by atoms with E-state index < -0.39 is 17.5 Å². The van der Waals surface area contributed by atoms with Crippen LogP contribution in [0.15, 0.2) is 12.1 Å². The van der Waals surface area contributed by atoms with Gasteiger partial charge in [0.15, 0.2) is 17.5 Å². The maximum atomic E-state index is 13.0. The van der Waals surface area contributed by atoms with Crippen LogP contribution < -0.4 is 10.6 Å². The fourth-order valence-electron chi connectivity index (χ4n) is 2.02. The lowest BCUT2D eigenvalue weighted by atomic mass is 9.97. The van der Waals surface area contributed by atoms with Crippen molar-refractivity contribution >= 4 is 24.0 Å². The van der Waals surface area contributed by atoms with Gasteiger partial charge < -0.3 is 10.6 Å². The summed E-state index contributed by atoms with van der Waals surface area (Å²) in [7, 11) is 0. The molecule has 7 heteroatoms. The van der Waals surface area contributed by atoms with Gasteiger partial charge in [0.2, 0.25) is 5.91 Å². The quantitative estimate of drug-likeness (QED) is 0.822. The monoisotopic (exact) mass is 294 g/mol. The van der Waals surface area contributed by atoms with Crippen molar-refractivity contribution in [2.75, 3.05) is 18.4 Å². The van der Waals surface area contributed by atoms with Gasteiger partial charge in [0.05, 0.1) is 5.92 Å². The Morgan fingerprint density at radius 2 is 1.84 bits per heavy atom. The number of anilines is 1. The molecular weight excluding hydrogens is 281 g/mol. The Kier molecular flexibility index (Phi) is 5.20. The van der Waals surface area contributed by atoms with Crippen LogP contribution in [0.4, 0.5) is 18.9 Å². The molecule has 1 aliphatic heterocycles. The van der Waals surface area contributed by atoms with Gasteiger partial charge in [0.1, 0.15) is 0 Å². The van der Waals surface area contributed by atoms with E-state index in [1.165, 1.54) is 0 Å². The van der Waals surface area contributed by atoms with Crippen LogP contribution in [0.25, 0.3) is 0 Å². The SMILES string of the molecule is C[C@H]1CNC[C@H]1C(=O)Nc1cc(F)c(F)c(F)c1.Cl. The summed E-state index contributed by atoms with van der Waals surface area (Å²) in [4.78, 5) is 11.8. The highest BCUT2D eigenvalue weighted by molar-refractivity contribution is 5.93. The first kappa shape index (κ1) is 15.8. The predicted molar refractivity (Wildman–Crippen MR) is 67.7 cm³/mol. The van der Waals surface area contributed by atoms with Gasteiger partial charge in [-0.1, -0.05) is 6.92 Å². The highest BCUT2D eigenvalue weighted by Gasteiger charge is 2.29. The van der Waals surface area contributed by atoms with E-state index in [0.29, 0.717) is 6.54 Å². The molecule has 0 spiro atoms. The van der Waals surface area contributed by atoms with Crippen LogP contribution in [0.1, 0.15) is 6.92 Å². The summed E-state index contributed by atoms with van der Waals surface area (Å²) in [6, 6.07) is 1.53. The van der Waals surface area contributed by atoms with E-state index in [4.69, 9.17) is 0 Å². The van der Waals surface area contributed by atoms with Crippen molar-refractivity contribution in [2.24, 2.45) is 11.8 Å². The van der Waals surface area contributed by atoms with Crippen molar-refractivity contribution in [1.29, 1.82) is 0 Å². The predicted octanol–water partition coefficient (Wildman–Crippen LogP) is 2.32. The Labute approximate surface area is 115 Å². The summed E-state index contributed by atoms with van der Waals surface area (Å²) in [5.41, 5.74) is -0.0736. The maximum absolute atomic E-state index is 13.0. The first-order valence-electron chi connectivity index (χ1n) is 5.65. The Balaban J connectivity index is 0.00000180. The van der Waals surface area contributed by atoms with Crippen LogP contribution >= 0.6 is 12.4 Å². The summed E-state index contributed by atoms with van der Waals surface area (Å²) >= 11 is 0. The van der Waals surface area contributed by atoms with Gasteiger partial charge in [-0.05, 0) is 12.5 Å². The molecule has 1 amide bonds. The summed E-state index contributed by atoms with van der Waals surface area (Å²) in [6.45, 7) is 3.17. The molecule has 19 heavy (non-hydrogen) atoms. The number of nitrogens with one attached hydrogen (secondary N) is 2. The molecular formula is C12H14ClF3N2O. The minimum Gasteiger partial charge on any atom is -0.326 e. The van der Waals surface area contributed by atoms with Crippen LogP contribution in [-0.4, -0.2) is 19.0 Å². The summed E-state index contributed by atoms with van der Waals surface area (Å²) in [5.74, 6) is -4.59. The zero-order valence-corrected chi connectivity index (χ0v) is 11.0. The third-order valence-electron chi connectivity index (χ3n) is 3.11. The molecule has 0 aliphatic carbocycles. The Morgan fingerprint density at radius 1 is 1.26 bits per heavy atom. The van der Waals surface area contributed by atoms with Crippen molar-refractivity contribution in [3.05, 3.63) is 29.6 Å². The van der Waals surface area contributed by atoms with Crippen LogP contribution in [0, 0.1) is 29.3 Å². The number of benzene rings is 1. The Morgan fingerprint density at radius 3 is 2.32 bits per heavy atom. The van der Waals surface area contributed by atoms with Crippen molar-refractivity contribution in [2.45, 2.75) is 6.92 Å². The minimum absolute atomic E-state index is 0. The van der Waals surface area contributed by atoms with Crippen LogP contribution in [-0.2, 0) is 4.79 Å². The van der Waals surface area contributed by atoms with Crippen LogP contribution in [0.3, 0.4) is 0 Å². The highest BCUT2D eigenvalue weighted by Crippen LogP contribution is 2.21. The molecule has 2 N–H and O–H groups in total. The highest BCUT2D eigenvalue weighted by atomic mass is 35.5. The van der Waals surface area contributed by atoms with Crippen LogP contribution in [0.2, 0.25) is 0 Å². The Bertz CT molecular complexity index is 461. The van der Waals surface area contributed by atoms with E-state index in [2.05, 4.69) is 10.6 Å². The average Bonchev–Trinajstić information content (AvgIpc) is 2.72. The second kappa shape index (κ2) is 6.25. The third-order valence-corrected chi connectivity index (χ3v) is 3.11. The molecule has 1 heterocycles. The molecule has 0 aromatic heterocycles. The zero-order chi connectivity index (χ0) is 13.3. The molecule has 1 aromatic carbocycles. The van der Waals surface area contributed by atoms with E-state index >= 15 is 0 Å². The lowest BCUT2D eigenvalue weighted by molar-refractivity contribution is -0.120. The van der Waals surface area contributed by atoms with E-state index in [-0.39, 0.29) is 35.8 Å². The molecule has 1 saturated heterocycles. The number of carbonyl (C=O) groups excluding carboxylic acids is 1. The van der Waals surface area contributed by atoms with Crippen molar-refractivity contribution in [3.63, 3.8) is 0 Å². The zero-order valence-electron chi connectivity index (χ0n) is 10.2. The van der Waals surface area contributed by atoms with Gasteiger partial charge in [-0.2, -0.15) is 0 Å². The standard InChI is InChI=1S/C12H13F3N2O.ClH/c1-6-4-16-5-8(6)12(18)17-7-2-9(13)11(15)10(14)3-7;/h2-3,6,8,16H,4-5H2,1H3,(H,17,18);1H/t6-,8+;/m0./s1. The molecule has 3 nitrogen and oxygen atoms in total. The lowest BCUT2D eigenvalue weighted by Gasteiger charge is -2.14. The average molecular weight is 295 g/mol. The molecule has 1 aliphatic rings. The van der Waals surface area contributed by atoms with Crippen LogP contribution in [0.5, 0.6) is 0 Å². The number of rotatable bonds is 2. The van der Waals surface area contributed by atoms with Gasteiger partial charge in [-0.25, -0.2) is 13.2 Å². The van der Waals surface area contributed by atoms with E-state index in [0.717, 1.165) is 18.7 Å². The molecule has 0 unspecified atom stereocenters. The molecule has 106 valence electrons. The lowest BCUT2D eigenvalue weighted by Crippen LogP contribution is -2.28. The van der Waals surface area contributed by atoms with Gasteiger partial charge in [-0.3, -0.25) is 4.79 Å². The molecule has 1 fully saturated rings. The smallest absolute Gasteiger partial charge is 0.229 e. The number of hydrogen-bond donors (Lipinski definition) is 2. The summed E-state index contributed by atoms with van der Waals surface area (Å²) < 4.78 is 38.7. The fraction of sp³-hybridized carbons (Fsp3) is 0.417. The van der Waals surface area contributed by atoms with E-state index in [9.17, 15) is 18.0 Å².